The fourth-order valence-electron chi connectivity index (χ4n) is 3.91. The zero-order chi connectivity index (χ0) is 14.2. The van der Waals surface area contributed by atoms with E-state index in [9.17, 15) is 0 Å². The molecule has 2 aromatic rings. The number of benzene rings is 2. The summed E-state index contributed by atoms with van der Waals surface area (Å²) >= 11 is 0. The Morgan fingerprint density at radius 1 is 1.05 bits per heavy atom. The van der Waals surface area contributed by atoms with E-state index in [0.717, 1.165) is 24.8 Å². The zero-order valence-electron chi connectivity index (χ0n) is 12.4. The van der Waals surface area contributed by atoms with Crippen LogP contribution in [0.15, 0.2) is 48.5 Å². The Hall–Kier alpha value is -1.80. The summed E-state index contributed by atoms with van der Waals surface area (Å²) < 4.78 is 5.98. The van der Waals surface area contributed by atoms with Crippen LogP contribution in [0.2, 0.25) is 0 Å². The maximum Gasteiger partial charge on any atom is 0.120 e. The standard InChI is InChI=1S/C19H21NO/c1-13-16-8-7-15(21-12-14-5-3-2-4-6-14)9-17(16)19-11-20-10-18(13)19/h2-9,13,18-20H,10-12H2,1H3. The quantitative estimate of drug-likeness (QED) is 0.925. The number of hydrogen-bond donors (Lipinski definition) is 1. The lowest BCUT2D eigenvalue weighted by atomic mass is 9.91. The molecule has 0 saturated carbocycles. The second-order valence-corrected chi connectivity index (χ2v) is 6.28. The number of ether oxygens (including phenoxy) is 1. The van der Waals surface area contributed by atoms with Gasteiger partial charge < -0.3 is 10.1 Å². The lowest BCUT2D eigenvalue weighted by Gasteiger charge is -2.12. The summed E-state index contributed by atoms with van der Waals surface area (Å²) in [5, 5.41) is 3.53. The molecule has 0 radical (unpaired) electrons. The van der Waals surface area contributed by atoms with E-state index in [1.54, 1.807) is 0 Å². The molecule has 2 aromatic carbocycles. The second-order valence-electron chi connectivity index (χ2n) is 6.28. The van der Waals surface area contributed by atoms with Crippen LogP contribution >= 0.6 is 0 Å². The van der Waals surface area contributed by atoms with Crippen molar-refractivity contribution in [1.82, 2.24) is 5.32 Å². The van der Waals surface area contributed by atoms with Gasteiger partial charge in [-0.25, -0.2) is 0 Å². The van der Waals surface area contributed by atoms with Crippen LogP contribution in [0.4, 0.5) is 0 Å². The highest BCUT2D eigenvalue weighted by Gasteiger charge is 2.41. The first-order valence-electron chi connectivity index (χ1n) is 7.84. The van der Waals surface area contributed by atoms with Gasteiger partial charge in [0, 0.05) is 12.5 Å². The van der Waals surface area contributed by atoms with Gasteiger partial charge in [-0.05, 0) is 47.2 Å². The first-order valence-corrected chi connectivity index (χ1v) is 7.84. The average molecular weight is 279 g/mol. The number of hydrogen-bond acceptors (Lipinski definition) is 2. The lowest BCUT2D eigenvalue weighted by molar-refractivity contribution is 0.306. The van der Waals surface area contributed by atoms with Gasteiger partial charge in [0.1, 0.15) is 12.4 Å². The Morgan fingerprint density at radius 3 is 2.76 bits per heavy atom. The van der Waals surface area contributed by atoms with Crippen LogP contribution in [0.3, 0.4) is 0 Å². The second kappa shape index (κ2) is 5.19. The van der Waals surface area contributed by atoms with E-state index in [0.29, 0.717) is 18.4 Å². The first kappa shape index (κ1) is 12.9. The average Bonchev–Trinajstić information content (AvgIpc) is 3.10. The molecule has 3 atom stereocenters. The number of fused-ring (bicyclic) bond motifs is 3. The van der Waals surface area contributed by atoms with Gasteiger partial charge in [0.2, 0.25) is 0 Å². The van der Waals surface area contributed by atoms with Gasteiger partial charge in [-0.3, -0.25) is 0 Å². The molecule has 1 aliphatic carbocycles. The van der Waals surface area contributed by atoms with Gasteiger partial charge in [0.15, 0.2) is 0 Å². The zero-order valence-corrected chi connectivity index (χ0v) is 12.4. The molecular weight excluding hydrogens is 258 g/mol. The summed E-state index contributed by atoms with van der Waals surface area (Å²) in [5.41, 5.74) is 4.24. The maximum atomic E-state index is 5.98. The van der Waals surface area contributed by atoms with Gasteiger partial charge in [0.25, 0.3) is 0 Å². The SMILES string of the molecule is CC1c2ccc(OCc3ccccc3)cc2C2CNCC12. The minimum atomic E-state index is 0.640. The predicted molar refractivity (Wildman–Crippen MR) is 84.7 cm³/mol. The first-order chi connectivity index (χ1) is 10.3. The molecule has 108 valence electrons. The topological polar surface area (TPSA) is 21.3 Å². The van der Waals surface area contributed by atoms with Crippen LogP contribution in [-0.2, 0) is 6.61 Å². The van der Waals surface area contributed by atoms with Crippen molar-refractivity contribution in [1.29, 1.82) is 0 Å². The van der Waals surface area contributed by atoms with Gasteiger partial charge in [-0.15, -0.1) is 0 Å². The Morgan fingerprint density at radius 2 is 1.90 bits per heavy atom. The molecular formula is C19H21NO. The normalized spacial score (nSPS) is 26.4. The van der Waals surface area contributed by atoms with Crippen molar-refractivity contribution in [3.8, 4) is 5.75 Å². The van der Waals surface area contributed by atoms with Gasteiger partial charge >= 0.3 is 0 Å². The molecule has 1 saturated heterocycles. The Bertz CT molecular complexity index is 637. The molecule has 2 aliphatic rings. The van der Waals surface area contributed by atoms with E-state index in [1.807, 2.05) is 6.07 Å². The van der Waals surface area contributed by atoms with Crippen molar-refractivity contribution >= 4 is 0 Å². The van der Waals surface area contributed by atoms with Gasteiger partial charge in [-0.1, -0.05) is 43.3 Å². The molecule has 1 aliphatic heterocycles. The largest absolute Gasteiger partial charge is 0.489 e. The third-order valence-corrected chi connectivity index (χ3v) is 5.10. The van der Waals surface area contributed by atoms with Crippen molar-refractivity contribution in [2.45, 2.75) is 25.4 Å². The van der Waals surface area contributed by atoms with E-state index >= 15 is 0 Å². The van der Waals surface area contributed by atoms with Crippen LogP contribution in [-0.4, -0.2) is 13.1 Å². The highest BCUT2D eigenvalue weighted by Crippen LogP contribution is 2.48. The molecule has 0 amide bonds. The fraction of sp³-hybridized carbons (Fsp3) is 0.368. The molecule has 1 heterocycles. The number of rotatable bonds is 3. The Kier molecular flexibility index (Phi) is 3.19. The summed E-state index contributed by atoms with van der Waals surface area (Å²) in [6.07, 6.45) is 0. The Labute approximate surface area is 126 Å². The van der Waals surface area contributed by atoms with Crippen LogP contribution in [0.5, 0.6) is 5.75 Å². The maximum absolute atomic E-state index is 5.98. The molecule has 2 nitrogen and oxygen atoms in total. The van der Waals surface area contributed by atoms with Crippen LogP contribution in [0, 0.1) is 5.92 Å². The smallest absolute Gasteiger partial charge is 0.120 e. The van der Waals surface area contributed by atoms with E-state index in [-0.39, 0.29) is 0 Å². The molecule has 4 rings (SSSR count). The molecule has 3 unspecified atom stereocenters. The highest BCUT2D eigenvalue weighted by molar-refractivity contribution is 5.45. The summed E-state index contributed by atoms with van der Waals surface area (Å²) in [5.74, 6) is 3.11. The highest BCUT2D eigenvalue weighted by atomic mass is 16.5. The molecule has 2 heteroatoms. The monoisotopic (exact) mass is 279 g/mol. The van der Waals surface area contributed by atoms with Gasteiger partial charge in [0.05, 0.1) is 0 Å². The van der Waals surface area contributed by atoms with Crippen LogP contribution in [0.1, 0.15) is 35.4 Å². The van der Waals surface area contributed by atoms with E-state index in [2.05, 4.69) is 54.7 Å². The molecule has 0 aromatic heterocycles. The van der Waals surface area contributed by atoms with Crippen molar-refractivity contribution < 1.29 is 4.74 Å². The minimum absolute atomic E-state index is 0.640. The van der Waals surface area contributed by atoms with Crippen LogP contribution in [0.25, 0.3) is 0 Å². The summed E-state index contributed by atoms with van der Waals surface area (Å²) in [6.45, 7) is 5.27. The van der Waals surface area contributed by atoms with Crippen molar-refractivity contribution in [3.05, 3.63) is 65.2 Å². The summed E-state index contributed by atoms with van der Waals surface area (Å²) in [7, 11) is 0. The van der Waals surface area contributed by atoms with Crippen molar-refractivity contribution in [2.24, 2.45) is 5.92 Å². The van der Waals surface area contributed by atoms with E-state index in [4.69, 9.17) is 4.74 Å². The third kappa shape index (κ3) is 2.24. The van der Waals surface area contributed by atoms with Gasteiger partial charge in [-0.2, -0.15) is 0 Å². The van der Waals surface area contributed by atoms with Crippen molar-refractivity contribution in [3.63, 3.8) is 0 Å². The van der Waals surface area contributed by atoms with E-state index in [1.165, 1.54) is 16.7 Å². The van der Waals surface area contributed by atoms with Crippen molar-refractivity contribution in [2.75, 3.05) is 13.1 Å². The fourth-order valence-corrected chi connectivity index (χ4v) is 3.91. The lowest BCUT2D eigenvalue weighted by Crippen LogP contribution is -2.12. The van der Waals surface area contributed by atoms with Crippen LogP contribution < -0.4 is 10.1 Å². The van der Waals surface area contributed by atoms with E-state index < -0.39 is 0 Å². The third-order valence-electron chi connectivity index (χ3n) is 5.10. The molecule has 1 N–H and O–H groups in total. The molecule has 0 bridgehead atoms. The molecule has 1 fully saturated rings. The molecule has 21 heavy (non-hydrogen) atoms. The number of nitrogens with one attached hydrogen (secondary N) is 1. The summed E-state index contributed by atoms with van der Waals surface area (Å²) in [4.78, 5) is 0. The molecule has 0 spiro atoms. The Balaban J connectivity index is 1.55. The minimum Gasteiger partial charge on any atom is -0.489 e. The summed E-state index contributed by atoms with van der Waals surface area (Å²) in [6, 6.07) is 17.0. The predicted octanol–water partition coefficient (Wildman–Crippen LogP) is 3.69.